The van der Waals surface area contributed by atoms with Crippen LogP contribution in [0.4, 0.5) is 5.69 Å². The van der Waals surface area contributed by atoms with Gasteiger partial charge in [-0.05, 0) is 54.1 Å². The third-order valence-corrected chi connectivity index (χ3v) is 6.55. The second-order valence-corrected chi connectivity index (χ2v) is 9.85. The minimum Gasteiger partial charge on any atom is -0.416 e. The largest absolute Gasteiger partial charge is 0.416 e. The van der Waals surface area contributed by atoms with Crippen molar-refractivity contribution >= 4 is 34.9 Å². The van der Waals surface area contributed by atoms with Gasteiger partial charge >= 0.3 is 11.9 Å². The van der Waals surface area contributed by atoms with Gasteiger partial charge in [0.05, 0.1) is 35.8 Å². The molecule has 4 rings (SSSR count). The highest BCUT2D eigenvalue weighted by Gasteiger charge is 2.46. The van der Waals surface area contributed by atoms with Crippen molar-refractivity contribution in [3.8, 4) is 0 Å². The smallest absolute Gasteiger partial charge is 0.309 e. The molecule has 0 saturated carbocycles. The lowest BCUT2D eigenvalue weighted by Crippen LogP contribution is -2.43. The van der Waals surface area contributed by atoms with Gasteiger partial charge < -0.3 is 24.9 Å². The number of benzene rings is 2. The zero-order valence-electron chi connectivity index (χ0n) is 20.9. The number of fused-ring (bicyclic) bond motifs is 2. The molecule has 2 aromatic rings. The summed E-state index contributed by atoms with van der Waals surface area (Å²) in [5.74, 6) is -1.98. The number of esters is 2. The van der Waals surface area contributed by atoms with Crippen molar-refractivity contribution in [1.29, 1.82) is 0 Å². The number of nitrogens with zero attached hydrogens (tertiary/aromatic N) is 1. The number of hydrogen-bond acceptors (Lipinski definition) is 8. The zero-order chi connectivity index (χ0) is 25.7. The Bertz CT molecular complexity index is 1130. The quantitative estimate of drug-likeness (QED) is 0.319. The summed E-state index contributed by atoms with van der Waals surface area (Å²) in [7, 11) is 1.56. The highest BCUT2D eigenvalue weighted by molar-refractivity contribution is 6.33. The Morgan fingerprint density at radius 1 is 1.11 bits per heavy atom. The predicted octanol–water partition coefficient (Wildman–Crippen LogP) is 4.53. The van der Waals surface area contributed by atoms with Crippen molar-refractivity contribution in [1.82, 2.24) is 5.32 Å². The summed E-state index contributed by atoms with van der Waals surface area (Å²) in [6, 6.07) is 11.7. The average molecular weight is 514 g/mol. The molecule has 36 heavy (non-hydrogen) atoms. The Kier molecular flexibility index (Phi) is 8.16. The van der Waals surface area contributed by atoms with E-state index in [1.807, 2.05) is 24.3 Å². The van der Waals surface area contributed by atoms with Crippen molar-refractivity contribution in [2.75, 3.05) is 25.5 Å². The SMILES string of the molecule is CO/N=C(\CC(C)C)c1ccc(CNc2c(Cl)ccc3c2CCNCC32OC(=O)CCC(=O)O2)cc1. The van der Waals surface area contributed by atoms with Crippen LogP contribution in [0, 0.1) is 5.92 Å². The molecule has 0 aliphatic carbocycles. The highest BCUT2D eigenvalue weighted by atomic mass is 35.5. The van der Waals surface area contributed by atoms with Gasteiger partial charge in [-0.2, -0.15) is 0 Å². The Morgan fingerprint density at radius 3 is 2.44 bits per heavy atom. The Morgan fingerprint density at radius 2 is 1.81 bits per heavy atom. The van der Waals surface area contributed by atoms with E-state index in [1.54, 1.807) is 19.2 Å². The van der Waals surface area contributed by atoms with Crippen molar-refractivity contribution in [2.45, 2.75) is 51.9 Å². The monoisotopic (exact) mass is 513 g/mol. The molecule has 1 fully saturated rings. The fraction of sp³-hybridized carbons (Fsp3) is 0.444. The number of ether oxygens (including phenoxy) is 2. The highest BCUT2D eigenvalue weighted by Crippen LogP contribution is 2.40. The second kappa shape index (κ2) is 11.3. The summed E-state index contributed by atoms with van der Waals surface area (Å²) in [4.78, 5) is 29.7. The van der Waals surface area contributed by atoms with Crippen LogP contribution >= 0.6 is 11.6 Å². The van der Waals surface area contributed by atoms with Crippen LogP contribution in [0.15, 0.2) is 41.6 Å². The first kappa shape index (κ1) is 26.0. The fourth-order valence-corrected chi connectivity index (χ4v) is 4.82. The first-order valence-electron chi connectivity index (χ1n) is 12.2. The molecule has 8 nitrogen and oxygen atoms in total. The summed E-state index contributed by atoms with van der Waals surface area (Å²) < 4.78 is 11.4. The molecule has 1 spiro atoms. The molecule has 0 bridgehead atoms. The third kappa shape index (κ3) is 5.82. The zero-order valence-corrected chi connectivity index (χ0v) is 21.6. The molecule has 2 aliphatic heterocycles. The number of rotatable bonds is 7. The van der Waals surface area contributed by atoms with Crippen LogP contribution in [0.2, 0.25) is 5.02 Å². The number of halogens is 1. The van der Waals surface area contributed by atoms with Crippen LogP contribution in [0.3, 0.4) is 0 Å². The minimum absolute atomic E-state index is 0.00141. The Hall–Kier alpha value is -3.10. The molecule has 0 atom stereocenters. The molecule has 9 heteroatoms. The van der Waals surface area contributed by atoms with Gasteiger partial charge in [0.1, 0.15) is 7.11 Å². The first-order chi connectivity index (χ1) is 17.3. The van der Waals surface area contributed by atoms with Gasteiger partial charge in [0.2, 0.25) is 0 Å². The maximum absolute atomic E-state index is 12.3. The van der Waals surface area contributed by atoms with Crippen molar-refractivity contribution < 1.29 is 23.9 Å². The fourth-order valence-electron chi connectivity index (χ4n) is 4.58. The molecule has 2 aromatic carbocycles. The number of oxime groups is 1. The maximum atomic E-state index is 12.3. The van der Waals surface area contributed by atoms with E-state index in [0.29, 0.717) is 36.0 Å². The topological polar surface area (TPSA) is 98.2 Å². The normalized spacial score (nSPS) is 17.6. The predicted molar refractivity (Wildman–Crippen MR) is 138 cm³/mol. The number of carbonyl (C=O) groups is 2. The maximum Gasteiger partial charge on any atom is 0.309 e. The van der Waals surface area contributed by atoms with E-state index in [9.17, 15) is 9.59 Å². The third-order valence-electron chi connectivity index (χ3n) is 6.23. The number of anilines is 1. The van der Waals surface area contributed by atoms with Gasteiger partial charge in [0.15, 0.2) is 0 Å². The van der Waals surface area contributed by atoms with Gasteiger partial charge in [0.25, 0.3) is 5.79 Å². The molecule has 0 aromatic heterocycles. The lowest BCUT2D eigenvalue weighted by atomic mass is 9.96. The van der Waals surface area contributed by atoms with Gasteiger partial charge in [0, 0.05) is 12.1 Å². The van der Waals surface area contributed by atoms with Crippen molar-refractivity contribution in [3.05, 3.63) is 63.7 Å². The van der Waals surface area contributed by atoms with Gasteiger partial charge in [-0.3, -0.25) is 9.59 Å². The van der Waals surface area contributed by atoms with Gasteiger partial charge in [-0.15, -0.1) is 0 Å². The molecule has 192 valence electrons. The number of nitrogens with one attached hydrogen (secondary N) is 2. The lowest BCUT2D eigenvalue weighted by Gasteiger charge is -2.32. The Labute approximate surface area is 216 Å². The molecule has 2 aliphatic rings. The van der Waals surface area contributed by atoms with Crippen molar-refractivity contribution in [3.63, 3.8) is 0 Å². The standard InChI is InChI=1S/C27H32ClN3O5/c1-17(2)14-23(31-34-3)19-6-4-18(5-7-19)15-30-26-20-12-13-29-16-27(21(20)8-9-22(26)28)35-24(32)10-11-25(33)36-27/h4-9,17,29-30H,10-16H2,1-3H3/b31-23+. The molecular weight excluding hydrogens is 482 g/mol. The molecule has 2 N–H and O–H groups in total. The van der Waals surface area contributed by atoms with Crippen LogP contribution < -0.4 is 10.6 Å². The van der Waals surface area contributed by atoms with E-state index in [-0.39, 0.29) is 19.4 Å². The van der Waals surface area contributed by atoms with E-state index >= 15 is 0 Å². The van der Waals surface area contributed by atoms with E-state index in [4.69, 9.17) is 25.9 Å². The van der Waals surface area contributed by atoms with E-state index in [1.165, 1.54) is 0 Å². The van der Waals surface area contributed by atoms with Gasteiger partial charge in [-0.25, -0.2) is 0 Å². The summed E-state index contributed by atoms with van der Waals surface area (Å²) in [6.07, 6.45) is 1.44. The second-order valence-electron chi connectivity index (χ2n) is 9.45. The minimum atomic E-state index is -1.51. The van der Waals surface area contributed by atoms with Crippen LogP contribution in [-0.2, 0) is 42.7 Å². The van der Waals surface area contributed by atoms with E-state index in [2.05, 4.69) is 29.6 Å². The molecular formula is C27H32ClN3O5. The number of hydrogen-bond donors (Lipinski definition) is 2. The molecule has 1 saturated heterocycles. The summed E-state index contributed by atoms with van der Waals surface area (Å²) >= 11 is 6.62. The van der Waals surface area contributed by atoms with E-state index in [0.717, 1.165) is 34.5 Å². The molecule has 0 radical (unpaired) electrons. The molecule has 2 heterocycles. The van der Waals surface area contributed by atoms with Crippen LogP contribution in [0.1, 0.15) is 55.4 Å². The van der Waals surface area contributed by atoms with Crippen LogP contribution in [0.25, 0.3) is 0 Å². The number of carbonyl (C=O) groups excluding carboxylic acids is 2. The molecule has 0 amide bonds. The summed E-state index contributed by atoms with van der Waals surface area (Å²) in [6.45, 7) is 5.61. The van der Waals surface area contributed by atoms with Crippen LogP contribution in [-0.4, -0.2) is 37.8 Å². The summed E-state index contributed by atoms with van der Waals surface area (Å²) in [5, 5.41) is 11.4. The summed E-state index contributed by atoms with van der Waals surface area (Å²) in [5.41, 5.74) is 5.21. The average Bonchev–Trinajstić information content (AvgIpc) is 3.10. The van der Waals surface area contributed by atoms with E-state index < -0.39 is 17.7 Å². The lowest BCUT2D eigenvalue weighted by molar-refractivity contribution is -0.225. The molecule has 0 unspecified atom stereocenters. The Balaban J connectivity index is 1.60. The first-order valence-corrected chi connectivity index (χ1v) is 12.6. The van der Waals surface area contributed by atoms with Crippen LogP contribution in [0.5, 0.6) is 0 Å². The van der Waals surface area contributed by atoms with Crippen molar-refractivity contribution in [2.24, 2.45) is 11.1 Å². The van der Waals surface area contributed by atoms with Gasteiger partial charge in [-0.1, -0.05) is 54.9 Å².